The highest BCUT2D eigenvalue weighted by atomic mass is 16.1. The highest BCUT2D eigenvalue weighted by Gasteiger charge is 2.42. The molecule has 0 spiro atoms. The van der Waals surface area contributed by atoms with Gasteiger partial charge in [-0.1, -0.05) is 64.0 Å². The lowest BCUT2D eigenvalue weighted by molar-refractivity contribution is -0.959. The molecule has 1 rings (SSSR count). The number of allylic oxidation sites excluding steroid dienone is 2. The molecule has 1 N–H and O–H groups in total. The number of quaternary nitrogens is 1. The summed E-state index contributed by atoms with van der Waals surface area (Å²) in [7, 11) is 0. The van der Waals surface area contributed by atoms with E-state index in [-0.39, 0.29) is 12.1 Å². The minimum atomic E-state index is 0.0552. The number of amides is 1. The quantitative estimate of drug-likeness (QED) is 0.170. The van der Waals surface area contributed by atoms with Crippen molar-refractivity contribution in [1.29, 1.82) is 0 Å². The molecule has 1 amide bonds. The summed E-state index contributed by atoms with van der Waals surface area (Å²) in [5.74, 6) is 0.0552. The molecule has 1 heterocycles. The van der Waals surface area contributed by atoms with Gasteiger partial charge in [0, 0.05) is 20.3 Å². The van der Waals surface area contributed by atoms with Crippen LogP contribution in [-0.2, 0) is 4.79 Å². The van der Waals surface area contributed by atoms with Gasteiger partial charge in [0.1, 0.15) is 6.54 Å². The summed E-state index contributed by atoms with van der Waals surface area (Å²) in [5, 5.41) is 3.11. The lowest BCUT2D eigenvalue weighted by Crippen LogP contribution is -2.63. The third kappa shape index (κ3) is 9.93. The predicted molar refractivity (Wildman–Crippen MR) is 126 cm³/mol. The molecule has 0 saturated heterocycles. The zero-order valence-corrected chi connectivity index (χ0v) is 19.8. The van der Waals surface area contributed by atoms with E-state index in [2.05, 4.69) is 44.5 Å². The molecular weight excluding hydrogens is 358 g/mol. The van der Waals surface area contributed by atoms with Gasteiger partial charge in [-0.25, -0.2) is 4.99 Å². The van der Waals surface area contributed by atoms with Crippen LogP contribution in [0.4, 0.5) is 0 Å². The molecule has 0 saturated carbocycles. The standard InChI is InChI=1S/C25H47N3O/c1-5-7-8-9-10-11-12-13-14-15-16-17-18-19-20-25-26-21-22-28(25,6-2)23(3)27-24(4)29/h12-13,21,23,25H,5-11,14-20,22H2,1-4H3/p+1/b13-12+. The van der Waals surface area contributed by atoms with Crippen LogP contribution in [0.5, 0.6) is 0 Å². The summed E-state index contributed by atoms with van der Waals surface area (Å²) in [4.78, 5) is 16.3. The van der Waals surface area contributed by atoms with E-state index in [1.54, 1.807) is 6.92 Å². The molecule has 168 valence electrons. The van der Waals surface area contributed by atoms with Crippen molar-refractivity contribution in [2.45, 2.75) is 123 Å². The number of unbranched alkanes of at least 4 members (excludes halogenated alkanes) is 10. The Kier molecular flexibility index (Phi) is 14.0. The number of nitrogens with zero attached hydrogens (tertiary/aromatic N) is 2. The molecule has 0 aliphatic carbocycles. The Morgan fingerprint density at radius 1 is 1.03 bits per heavy atom. The van der Waals surface area contributed by atoms with Gasteiger partial charge in [0.05, 0.1) is 12.8 Å². The molecule has 0 bridgehead atoms. The van der Waals surface area contributed by atoms with E-state index in [0.29, 0.717) is 6.17 Å². The Morgan fingerprint density at radius 3 is 2.21 bits per heavy atom. The van der Waals surface area contributed by atoms with Crippen LogP contribution in [0.1, 0.15) is 111 Å². The first-order chi connectivity index (χ1) is 14.1. The number of carbonyl (C=O) groups is 1. The molecule has 0 radical (unpaired) electrons. The molecule has 0 aromatic rings. The van der Waals surface area contributed by atoms with Crippen LogP contribution in [0.25, 0.3) is 0 Å². The van der Waals surface area contributed by atoms with Gasteiger partial charge in [0.15, 0.2) is 12.3 Å². The van der Waals surface area contributed by atoms with Crippen molar-refractivity contribution >= 4 is 12.1 Å². The minimum absolute atomic E-state index is 0.0552. The molecule has 0 aromatic heterocycles. The maximum absolute atomic E-state index is 11.5. The first-order valence-corrected chi connectivity index (χ1v) is 12.4. The van der Waals surface area contributed by atoms with Gasteiger partial charge in [-0.3, -0.25) is 9.28 Å². The van der Waals surface area contributed by atoms with Crippen LogP contribution in [0.15, 0.2) is 17.1 Å². The summed E-state index contributed by atoms with van der Waals surface area (Å²) in [5.41, 5.74) is 0. The molecule has 29 heavy (non-hydrogen) atoms. The average Bonchev–Trinajstić information content (AvgIpc) is 3.12. The Morgan fingerprint density at radius 2 is 1.62 bits per heavy atom. The first kappa shape index (κ1) is 25.9. The summed E-state index contributed by atoms with van der Waals surface area (Å²) < 4.78 is 0.878. The van der Waals surface area contributed by atoms with Crippen molar-refractivity contribution in [2.24, 2.45) is 4.99 Å². The van der Waals surface area contributed by atoms with Gasteiger partial charge in [-0.05, 0) is 39.0 Å². The van der Waals surface area contributed by atoms with Crippen molar-refractivity contribution in [3.05, 3.63) is 12.2 Å². The lowest BCUT2D eigenvalue weighted by Gasteiger charge is -2.42. The van der Waals surface area contributed by atoms with Crippen LogP contribution in [0.2, 0.25) is 0 Å². The van der Waals surface area contributed by atoms with E-state index in [1.807, 2.05) is 0 Å². The van der Waals surface area contributed by atoms with Gasteiger partial charge < -0.3 is 5.32 Å². The van der Waals surface area contributed by atoms with Crippen molar-refractivity contribution < 1.29 is 9.28 Å². The molecule has 3 atom stereocenters. The summed E-state index contributed by atoms with van der Waals surface area (Å²) in [6.07, 6.45) is 24.3. The smallest absolute Gasteiger partial charge is 0.221 e. The maximum atomic E-state index is 11.5. The Bertz CT molecular complexity index is 488. The monoisotopic (exact) mass is 406 g/mol. The zero-order chi connectivity index (χ0) is 21.4. The number of hydrogen-bond donors (Lipinski definition) is 1. The van der Waals surface area contributed by atoms with Crippen LogP contribution >= 0.6 is 0 Å². The van der Waals surface area contributed by atoms with Gasteiger partial charge in [-0.2, -0.15) is 0 Å². The lowest BCUT2D eigenvalue weighted by atomic mass is 10.1. The summed E-state index contributed by atoms with van der Waals surface area (Å²) in [6, 6.07) is 0. The number of carbonyl (C=O) groups excluding carboxylic acids is 1. The fraction of sp³-hybridized carbons (Fsp3) is 0.840. The topological polar surface area (TPSA) is 41.5 Å². The van der Waals surface area contributed by atoms with Crippen LogP contribution in [-0.4, -0.2) is 42.0 Å². The fourth-order valence-electron chi connectivity index (χ4n) is 4.58. The first-order valence-electron chi connectivity index (χ1n) is 12.4. The molecule has 4 nitrogen and oxygen atoms in total. The fourth-order valence-corrected chi connectivity index (χ4v) is 4.58. The van der Waals surface area contributed by atoms with Gasteiger partial charge in [0.25, 0.3) is 0 Å². The van der Waals surface area contributed by atoms with Crippen molar-refractivity contribution in [2.75, 3.05) is 13.1 Å². The average molecular weight is 407 g/mol. The number of nitrogens with one attached hydrogen (secondary N) is 1. The number of rotatable bonds is 17. The highest BCUT2D eigenvalue weighted by molar-refractivity contribution is 5.73. The van der Waals surface area contributed by atoms with E-state index < -0.39 is 0 Å². The second kappa shape index (κ2) is 15.6. The van der Waals surface area contributed by atoms with Gasteiger partial charge in [0.2, 0.25) is 5.91 Å². The van der Waals surface area contributed by atoms with Crippen molar-refractivity contribution in [3.8, 4) is 0 Å². The van der Waals surface area contributed by atoms with E-state index in [0.717, 1.165) is 24.0 Å². The van der Waals surface area contributed by atoms with Gasteiger partial charge in [-0.15, -0.1) is 0 Å². The number of aliphatic imine (C=N–C) groups is 1. The van der Waals surface area contributed by atoms with Gasteiger partial charge >= 0.3 is 0 Å². The Hall–Kier alpha value is -1.16. The molecular formula is C25H48N3O+. The zero-order valence-electron chi connectivity index (χ0n) is 19.8. The SMILES string of the molecule is CCCCCCC/C=C/CCCCCCCC1N=CC[N+]1(CC)C(C)NC(C)=O. The van der Waals surface area contributed by atoms with E-state index in [4.69, 9.17) is 4.99 Å². The third-order valence-electron chi connectivity index (χ3n) is 6.54. The predicted octanol–water partition coefficient (Wildman–Crippen LogP) is 6.36. The minimum Gasteiger partial charge on any atom is -0.307 e. The highest BCUT2D eigenvalue weighted by Crippen LogP contribution is 2.27. The second-order valence-electron chi connectivity index (χ2n) is 8.81. The van der Waals surface area contributed by atoms with Crippen LogP contribution < -0.4 is 5.32 Å². The normalized spacial score (nSPS) is 22.4. The van der Waals surface area contributed by atoms with Crippen LogP contribution in [0.3, 0.4) is 0 Å². The molecule has 1 aliphatic rings. The van der Waals surface area contributed by atoms with Crippen molar-refractivity contribution in [1.82, 2.24) is 5.32 Å². The summed E-state index contributed by atoms with van der Waals surface area (Å²) in [6.45, 7) is 10.2. The van der Waals surface area contributed by atoms with Crippen LogP contribution in [0, 0.1) is 0 Å². The molecule has 3 unspecified atom stereocenters. The second-order valence-corrected chi connectivity index (χ2v) is 8.81. The van der Waals surface area contributed by atoms with Crippen molar-refractivity contribution in [3.63, 3.8) is 0 Å². The van der Waals surface area contributed by atoms with E-state index >= 15 is 0 Å². The number of hydrogen-bond acceptors (Lipinski definition) is 2. The third-order valence-corrected chi connectivity index (χ3v) is 6.54. The maximum Gasteiger partial charge on any atom is 0.221 e. The molecule has 0 fully saturated rings. The molecule has 1 aliphatic heterocycles. The van der Waals surface area contributed by atoms with E-state index in [1.165, 1.54) is 77.0 Å². The Labute approximate surface area is 180 Å². The van der Waals surface area contributed by atoms with E-state index in [9.17, 15) is 4.79 Å². The molecule has 4 heteroatoms. The largest absolute Gasteiger partial charge is 0.307 e. The Balaban J connectivity index is 2.10. The molecule has 0 aromatic carbocycles. The summed E-state index contributed by atoms with van der Waals surface area (Å²) >= 11 is 0.